The molecule has 0 spiro atoms. The van der Waals surface area contributed by atoms with Crippen molar-refractivity contribution in [2.24, 2.45) is 0 Å². The molecule has 4 rings (SSSR count). The summed E-state index contributed by atoms with van der Waals surface area (Å²) < 4.78 is 36.8. The molecule has 0 aliphatic rings. The Bertz CT molecular complexity index is 1400. The third kappa shape index (κ3) is 5.22. The molecule has 2 heterocycles. The van der Waals surface area contributed by atoms with Crippen molar-refractivity contribution in [3.63, 3.8) is 0 Å². The number of aromatic nitrogens is 4. The third-order valence-electron chi connectivity index (χ3n) is 4.54. The molecule has 1 amide bonds. The standard InChI is InChI=1S/C20H17ClN6O5S2/c1-27(11-16-22-17(26-32-16)12-5-9-15(31-2)10-6-12)34(29,30)20-25-24-19(33-20)23-18(28)13-3-7-14(21)8-4-13/h3-10H,11H2,1-2H3,(H,23,24,28). The van der Waals surface area contributed by atoms with Crippen molar-refractivity contribution in [3.05, 3.63) is 65.0 Å². The van der Waals surface area contributed by atoms with Gasteiger partial charge in [0, 0.05) is 23.2 Å². The number of hydrogen-bond donors (Lipinski definition) is 1. The van der Waals surface area contributed by atoms with Gasteiger partial charge in [0.25, 0.3) is 15.9 Å². The van der Waals surface area contributed by atoms with Gasteiger partial charge in [-0.2, -0.15) is 9.29 Å². The van der Waals surface area contributed by atoms with Crippen LogP contribution in [0.15, 0.2) is 57.4 Å². The first kappa shape index (κ1) is 23.8. The monoisotopic (exact) mass is 520 g/mol. The van der Waals surface area contributed by atoms with Crippen LogP contribution in [0.25, 0.3) is 11.4 Å². The van der Waals surface area contributed by atoms with Gasteiger partial charge in [0.15, 0.2) is 0 Å². The van der Waals surface area contributed by atoms with E-state index < -0.39 is 15.9 Å². The highest BCUT2D eigenvalue weighted by atomic mass is 35.5. The van der Waals surface area contributed by atoms with Gasteiger partial charge in [-0.25, -0.2) is 8.42 Å². The molecule has 1 N–H and O–H groups in total. The highest BCUT2D eigenvalue weighted by Crippen LogP contribution is 2.25. The highest BCUT2D eigenvalue weighted by molar-refractivity contribution is 7.91. The quantitative estimate of drug-likeness (QED) is 0.346. The van der Waals surface area contributed by atoms with Gasteiger partial charge in [0.1, 0.15) is 5.75 Å². The van der Waals surface area contributed by atoms with Crippen molar-refractivity contribution in [3.8, 4) is 17.1 Å². The number of methoxy groups -OCH3 is 1. The number of rotatable bonds is 8. The predicted molar refractivity (Wildman–Crippen MR) is 124 cm³/mol. The molecule has 0 fully saturated rings. The van der Waals surface area contributed by atoms with Crippen LogP contribution >= 0.6 is 22.9 Å². The van der Waals surface area contributed by atoms with Crippen LogP contribution in [-0.2, 0) is 16.6 Å². The zero-order valence-electron chi connectivity index (χ0n) is 17.8. The van der Waals surface area contributed by atoms with Crippen LogP contribution in [0.3, 0.4) is 0 Å². The highest BCUT2D eigenvalue weighted by Gasteiger charge is 2.28. The van der Waals surface area contributed by atoms with E-state index in [2.05, 4.69) is 25.7 Å². The number of halogens is 1. The average molecular weight is 521 g/mol. The topological polar surface area (TPSA) is 140 Å². The van der Waals surface area contributed by atoms with Crippen molar-refractivity contribution in [2.75, 3.05) is 19.5 Å². The lowest BCUT2D eigenvalue weighted by atomic mass is 10.2. The molecule has 0 aliphatic heterocycles. The Balaban J connectivity index is 1.43. The summed E-state index contributed by atoms with van der Waals surface area (Å²) in [4.78, 5) is 16.5. The van der Waals surface area contributed by atoms with E-state index in [-0.39, 0.29) is 21.9 Å². The summed E-state index contributed by atoms with van der Waals surface area (Å²) in [5, 5.41) is 14.4. The van der Waals surface area contributed by atoms with E-state index in [1.54, 1.807) is 43.5 Å². The fraction of sp³-hybridized carbons (Fsp3) is 0.150. The Morgan fingerprint density at radius 2 is 1.85 bits per heavy atom. The number of hydrogen-bond acceptors (Lipinski definition) is 10. The Kier molecular flexibility index (Phi) is 6.88. The molecule has 0 saturated heterocycles. The van der Waals surface area contributed by atoms with E-state index >= 15 is 0 Å². The van der Waals surface area contributed by atoms with E-state index in [1.165, 1.54) is 19.2 Å². The second-order valence-corrected chi connectivity index (χ2v) is 10.5. The van der Waals surface area contributed by atoms with Gasteiger partial charge < -0.3 is 9.26 Å². The van der Waals surface area contributed by atoms with Crippen molar-refractivity contribution in [2.45, 2.75) is 10.9 Å². The van der Waals surface area contributed by atoms with Gasteiger partial charge in [-0.05, 0) is 48.5 Å². The fourth-order valence-corrected chi connectivity index (χ4v) is 5.05. The van der Waals surface area contributed by atoms with E-state index in [1.807, 2.05) is 0 Å². The first-order valence-corrected chi connectivity index (χ1v) is 12.2. The molecule has 34 heavy (non-hydrogen) atoms. The second-order valence-electron chi connectivity index (χ2n) is 6.84. The van der Waals surface area contributed by atoms with Crippen LogP contribution in [0.1, 0.15) is 16.2 Å². The minimum Gasteiger partial charge on any atom is -0.497 e. The van der Waals surface area contributed by atoms with Gasteiger partial charge >= 0.3 is 0 Å². The minimum absolute atomic E-state index is 0.0338. The number of anilines is 1. The molecule has 0 unspecified atom stereocenters. The van der Waals surface area contributed by atoms with Gasteiger partial charge in [0.2, 0.25) is 21.2 Å². The zero-order valence-corrected chi connectivity index (χ0v) is 20.2. The van der Waals surface area contributed by atoms with Crippen molar-refractivity contribution < 1.29 is 22.5 Å². The lowest BCUT2D eigenvalue weighted by Gasteiger charge is -2.11. The van der Waals surface area contributed by atoms with E-state index in [0.717, 1.165) is 15.6 Å². The SMILES string of the molecule is COc1ccc(-c2noc(CN(C)S(=O)(=O)c3nnc(NC(=O)c4ccc(Cl)cc4)s3)n2)cc1. The fourth-order valence-electron chi connectivity index (χ4n) is 2.72. The molecule has 176 valence electrons. The summed E-state index contributed by atoms with van der Waals surface area (Å²) in [6, 6.07) is 13.2. The van der Waals surface area contributed by atoms with Crippen LogP contribution in [0.2, 0.25) is 5.02 Å². The van der Waals surface area contributed by atoms with Gasteiger partial charge in [-0.3, -0.25) is 10.1 Å². The van der Waals surface area contributed by atoms with Crippen molar-refractivity contribution in [1.29, 1.82) is 0 Å². The predicted octanol–water partition coefficient (Wildman–Crippen LogP) is 3.32. The van der Waals surface area contributed by atoms with Gasteiger partial charge in [0.05, 0.1) is 13.7 Å². The van der Waals surface area contributed by atoms with Crippen molar-refractivity contribution in [1.82, 2.24) is 24.6 Å². The zero-order chi connectivity index (χ0) is 24.3. The maximum atomic E-state index is 12.9. The summed E-state index contributed by atoms with van der Waals surface area (Å²) >= 11 is 6.54. The Morgan fingerprint density at radius 1 is 1.15 bits per heavy atom. The molecule has 0 radical (unpaired) electrons. The summed E-state index contributed by atoms with van der Waals surface area (Å²) in [5.41, 5.74) is 1.02. The van der Waals surface area contributed by atoms with E-state index in [9.17, 15) is 13.2 Å². The molecule has 2 aromatic carbocycles. The van der Waals surface area contributed by atoms with Crippen LogP contribution in [0.4, 0.5) is 5.13 Å². The molecule has 4 aromatic rings. The normalized spacial score (nSPS) is 11.5. The Morgan fingerprint density at radius 3 is 2.53 bits per heavy atom. The number of carbonyl (C=O) groups is 1. The average Bonchev–Trinajstić information content (AvgIpc) is 3.50. The Hall–Kier alpha value is -3.39. The summed E-state index contributed by atoms with van der Waals surface area (Å²) in [5.74, 6) is 0.616. The van der Waals surface area contributed by atoms with Crippen LogP contribution in [0.5, 0.6) is 5.75 Å². The lowest BCUT2D eigenvalue weighted by Crippen LogP contribution is -2.26. The van der Waals surface area contributed by atoms with Crippen LogP contribution in [0, 0.1) is 0 Å². The van der Waals surface area contributed by atoms with E-state index in [0.29, 0.717) is 27.7 Å². The van der Waals surface area contributed by atoms with Gasteiger partial charge in [-0.1, -0.05) is 28.1 Å². The summed E-state index contributed by atoms with van der Waals surface area (Å²) in [6.45, 7) is -0.183. The number of nitrogens with zero attached hydrogens (tertiary/aromatic N) is 5. The molecule has 0 saturated carbocycles. The first-order valence-electron chi connectivity index (χ1n) is 9.60. The van der Waals surface area contributed by atoms with Crippen molar-refractivity contribution >= 4 is 44.0 Å². The molecule has 2 aromatic heterocycles. The second kappa shape index (κ2) is 9.85. The van der Waals surface area contributed by atoms with E-state index in [4.69, 9.17) is 20.9 Å². The molecule has 0 aliphatic carbocycles. The summed E-state index contributed by atoms with van der Waals surface area (Å²) in [7, 11) is -1.11. The largest absolute Gasteiger partial charge is 0.497 e. The molecule has 11 nitrogen and oxygen atoms in total. The van der Waals surface area contributed by atoms with Crippen LogP contribution in [-0.4, -0.2) is 53.1 Å². The number of ether oxygens (including phenoxy) is 1. The number of benzene rings is 2. The lowest BCUT2D eigenvalue weighted by molar-refractivity contribution is 0.102. The maximum Gasteiger partial charge on any atom is 0.272 e. The van der Waals surface area contributed by atoms with Gasteiger partial charge in [-0.15, -0.1) is 10.2 Å². The molecule has 0 atom stereocenters. The number of carbonyl (C=O) groups excluding carboxylic acids is 1. The molecule has 14 heteroatoms. The number of amides is 1. The minimum atomic E-state index is -4.02. The molecular formula is C20H17ClN6O5S2. The summed E-state index contributed by atoms with van der Waals surface area (Å²) in [6.07, 6.45) is 0. The maximum absolute atomic E-state index is 12.9. The number of nitrogens with one attached hydrogen (secondary N) is 1. The van der Waals surface area contributed by atoms with Crippen LogP contribution < -0.4 is 10.1 Å². The third-order valence-corrected chi connectivity index (χ3v) is 7.78. The molecular weight excluding hydrogens is 504 g/mol. The number of sulfonamides is 1. The molecule has 0 bridgehead atoms. The first-order chi connectivity index (χ1) is 16.3. The smallest absolute Gasteiger partial charge is 0.272 e. The Labute approximate surface area is 203 Å².